The first-order valence-corrected chi connectivity index (χ1v) is 11.1. The SMILES string of the molecule is Cc1cccc(C2(O)C(CN(C)C)N(c3ccc(Cl)cc3)C(=O)N2c2ccc(Cl)cc2)c1. The number of amides is 2. The van der Waals surface area contributed by atoms with E-state index in [2.05, 4.69) is 0 Å². The van der Waals surface area contributed by atoms with E-state index in [9.17, 15) is 9.90 Å². The number of benzene rings is 3. The fourth-order valence-electron chi connectivity index (χ4n) is 4.26. The second kappa shape index (κ2) is 8.75. The molecule has 3 aromatic carbocycles. The maximum atomic E-state index is 13.9. The van der Waals surface area contributed by atoms with E-state index in [0.717, 1.165) is 5.56 Å². The Balaban J connectivity index is 1.96. The van der Waals surface area contributed by atoms with Gasteiger partial charge in [-0.3, -0.25) is 9.80 Å². The van der Waals surface area contributed by atoms with Gasteiger partial charge in [0.25, 0.3) is 0 Å². The van der Waals surface area contributed by atoms with Crippen LogP contribution in [-0.2, 0) is 5.72 Å². The summed E-state index contributed by atoms with van der Waals surface area (Å²) in [6, 6.07) is 20.7. The summed E-state index contributed by atoms with van der Waals surface area (Å²) in [5.74, 6) is 0. The molecule has 4 rings (SSSR count). The normalized spacial score (nSPS) is 21.0. The third-order valence-electron chi connectivity index (χ3n) is 5.69. The van der Waals surface area contributed by atoms with Gasteiger partial charge in [0, 0.05) is 33.5 Å². The topological polar surface area (TPSA) is 47.0 Å². The summed E-state index contributed by atoms with van der Waals surface area (Å²) in [7, 11) is 3.85. The van der Waals surface area contributed by atoms with E-state index in [0.29, 0.717) is 33.5 Å². The lowest BCUT2D eigenvalue weighted by molar-refractivity contribution is 0.0242. The van der Waals surface area contributed by atoms with E-state index in [-0.39, 0.29) is 6.03 Å². The van der Waals surface area contributed by atoms with E-state index < -0.39 is 11.8 Å². The second-order valence-electron chi connectivity index (χ2n) is 8.31. The number of aryl methyl sites for hydroxylation is 1. The molecule has 0 aromatic heterocycles. The largest absolute Gasteiger partial charge is 0.365 e. The maximum Gasteiger partial charge on any atom is 0.332 e. The minimum absolute atomic E-state index is 0.328. The monoisotopic (exact) mass is 469 g/mol. The Bertz CT molecular complexity index is 1120. The highest BCUT2D eigenvalue weighted by atomic mass is 35.5. The molecule has 32 heavy (non-hydrogen) atoms. The van der Waals surface area contributed by atoms with E-state index in [1.165, 1.54) is 4.90 Å². The molecule has 7 heteroatoms. The van der Waals surface area contributed by atoms with Crippen molar-refractivity contribution in [3.8, 4) is 0 Å². The molecule has 1 saturated heterocycles. The Morgan fingerprint density at radius 1 is 0.938 bits per heavy atom. The average Bonchev–Trinajstić information content (AvgIpc) is 2.97. The first-order chi connectivity index (χ1) is 15.2. The number of nitrogens with zero attached hydrogens (tertiary/aromatic N) is 3. The molecule has 2 unspecified atom stereocenters. The lowest BCUT2D eigenvalue weighted by Gasteiger charge is -2.38. The summed E-state index contributed by atoms with van der Waals surface area (Å²) in [5.41, 5.74) is 1.23. The minimum atomic E-state index is -1.62. The highest BCUT2D eigenvalue weighted by Crippen LogP contribution is 2.45. The van der Waals surface area contributed by atoms with Gasteiger partial charge in [-0.1, -0.05) is 53.0 Å². The van der Waals surface area contributed by atoms with Crippen molar-refractivity contribution in [2.45, 2.75) is 18.7 Å². The van der Waals surface area contributed by atoms with Crippen LogP contribution < -0.4 is 9.80 Å². The first-order valence-electron chi connectivity index (χ1n) is 10.3. The first kappa shape index (κ1) is 22.6. The molecule has 2 amide bonds. The zero-order chi connectivity index (χ0) is 23.0. The van der Waals surface area contributed by atoms with Crippen LogP contribution in [-0.4, -0.2) is 42.7 Å². The number of rotatable bonds is 5. The molecule has 1 N–H and O–H groups in total. The maximum absolute atomic E-state index is 13.9. The van der Waals surface area contributed by atoms with Gasteiger partial charge in [-0.2, -0.15) is 0 Å². The Morgan fingerprint density at radius 3 is 2.03 bits per heavy atom. The van der Waals surface area contributed by atoms with E-state index >= 15 is 0 Å². The average molecular weight is 470 g/mol. The second-order valence-corrected chi connectivity index (χ2v) is 9.19. The van der Waals surface area contributed by atoms with Gasteiger partial charge in [0.1, 0.15) is 6.04 Å². The third-order valence-corrected chi connectivity index (χ3v) is 6.19. The molecule has 2 atom stereocenters. The standard InChI is InChI=1S/C25H25Cl2N3O2/c1-17-5-4-6-18(15-17)25(32)23(16-28(2)3)29(21-11-7-19(26)8-12-21)24(31)30(25)22-13-9-20(27)10-14-22/h4-15,23,32H,16H2,1-3H3. The van der Waals surface area contributed by atoms with Gasteiger partial charge in [0.2, 0.25) is 0 Å². The Kier molecular flexibility index (Phi) is 6.19. The smallest absolute Gasteiger partial charge is 0.332 e. The molecule has 0 spiro atoms. The predicted molar refractivity (Wildman–Crippen MR) is 131 cm³/mol. The predicted octanol–water partition coefficient (Wildman–Crippen LogP) is 5.52. The molecule has 1 fully saturated rings. The molecule has 0 radical (unpaired) electrons. The van der Waals surface area contributed by atoms with E-state index in [1.807, 2.05) is 50.2 Å². The van der Waals surface area contributed by atoms with Gasteiger partial charge in [0.05, 0.1) is 0 Å². The number of hydrogen-bond acceptors (Lipinski definition) is 3. The molecule has 0 bridgehead atoms. The molecule has 0 aliphatic carbocycles. The number of carbonyl (C=O) groups is 1. The zero-order valence-electron chi connectivity index (χ0n) is 18.2. The van der Waals surface area contributed by atoms with Crippen LogP contribution in [0.5, 0.6) is 0 Å². The quantitative estimate of drug-likeness (QED) is 0.534. The number of aliphatic hydroxyl groups is 1. The van der Waals surface area contributed by atoms with E-state index in [4.69, 9.17) is 23.2 Å². The van der Waals surface area contributed by atoms with Crippen molar-refractivity contribution >= 4 is 40.6 Å². The van der Waals surface area contributed by atoms with Crippen molar-refractivity contribution in [3.05, 3.63) is 94.0 Å². The summed E-state index contributed by atoms with van der Waals surface area (Å²) in [4.78, 5) is 19.0. The summed E-state index contributed by atoms with van der Waals surface area (Å²) in [6.07, 6.45) is 0. The van der Waals surface area contributed by atoms with Crippen LogP contribution in [0.4, 0.5) is 16.2 Å². The van der Waals surface area contributed by atoms with Crippen LogP contribution in [0.2, 0.25) is 10.0 Å². The van der Waals surface area contributed by atoms with Gasteiger partial charge in [-0.15, -0.1) is 0 Å². The van der Waals surface area contributed by atoms with Crippen molar-refractivity contribution in [2.24, 2.45) is 0 Å². The van der Waals surface area contributed by atoms with Crippen LogP contribution >= 0.6 is 23.2 Å². The molecule has 1 aliphatic heterocycles. The Labute approximate surface area is 198 Å². The molecule has 3 aromatic rings. The zero-order valence-corrected chi connectivity index (χ0v) is 19.7. The minimum Gasteiger partial charge on any atom is -0.365 e. The van der Waals surface area contributed by atoms with Crippen molar-refractivity contribution in [1.82, 2.24) is 4.90 Å². The van der Waals surface area contributed by atoms with Gasteiger partial charge in [-0.05, 0) is 69.6 Å². The number of anilines is 2. The highest BCUT2D eigenvalue weighted by molar-refractivity contribution is 6.31. The van der Waals surface area contributed by atoms with E-state index in [1.54, 1.807) is 53.4 Å². The van der Waals surface area contributed by atoms with Gasteiger partial charge in [-0.25, -0.2) is 4.79 Å². The molecule has 5 nitrogen and oxygen atoms in total. The molecular formula is C25H25Cl2N3O2. The number of carbonyl (C=O) groups excluding carboxylic acids is 1. The van der Waals surface area contributed by atoms with Crippen LogP contribution in [0.1, 0.15) is 11.1 Å². The van der Waals surface area contributed by atoms with Crippen LogP contribution in [0.3, 0.4) is 0 Å². The van der Waals surface area contributed by atoms with Gasteiger partial charge < -0.3 is 10.0 Å². The number of halogens is 2. The lowest BCUT2D eigenvalue weighted by Crippen LogP contribution is -2.53. The fraction of sp³-hybridized carbons (Fsp3) is 0.240. The van der Waals surface area contributed by atoms with Crippen molar-refractivity contribution in [1.29, 1.82) is 0 Å². The molecule has 1 heterocycles. The van der Waals surface area contributed by atoms with Crippen molar-refractivity contribution in [3.63, 3.8) is 0 Å². The van der Waals surface area contributed by atoms with Gasteiger partial charge in [0.15, 0.2) is 5.72 Å². The van der Waals surface area contributed by atoms with Crippen LogP contribution in [0.15, 0.2) is 72.8 Å². The fourth-order valence-corrected chi connectivity index (χ4v) is 4.51. The molecule has 0 saturated carbocycles. The third kappa shape index (κ3) is 3.97. The summed E-state index contributed by atoms with van der Waals surface area (Å²) in [6.45, 7) is 2.40. The number of urea groups is 1. The van der Waals surface area contributed by atoms with Crippen LogP contribution in [0.25, 0.3) is 0 Å². The molecule has 166 valence electrons. The summed E-state index contributed by atoms with van der Waals surface area (Å²) >= 11 is 12.2. The summed E-state index contributed by atoms with van der Waals surface area (Å²) < 4.78 is 0. The Morgan fingerprint density at radius 2 is 1.50 bits per heavy atom. The molecule has 1 aliphatic rings. The number of hydrogen-bond donors (Lipinski definition) is 1. The highest BCUT2D eigenvalue weighted by Gasteiger charge is 2.58. The van der Waals surface area contributed by atoms with Crippen LogP contribution in [0, 0.1) is 6.92 Å². The lowest BCUT2D eigenvalue weighted by atomic mass is 9.92. The number of likely N-dealkylation sites (N-methyl/N-ethyl adjacent to an activating group) is 1. The van der Waals surface area contributed by atoms with Crippen molar-refractivity contribution in [2.75, 3.05) is 30.4 Å². The van der Waals surface area contributed by atoms with Crippen molar-refractivity contribution < 1.29 is 9.90 Å². The molecular weight excluding hydrogens is 445 g/mol. The van der Waals surface area contributed by atoms with Gasteiger partial charge >= 0.3 is 6.03 Å². The summed E-state index contributed by atoms with van der Waals surface area (Å²) in [5, 5.41) is 13.5. The Hall–Kier alpha value is -2.57.